The fourth-order valence-electron chi connectivity index (χ4n) is 2.31. The molecule has 0 saturated carbocycles. The van der Waals surface area contributed by atoms with Gasteiger partial charge in [-0.15, -0.1) is 0 Å². The van der Waals surface area contributed by atoms with E-state index in [9.17, 15) is 5.11 Å². The Balaban J connectivity index is 2.30. The van der Waals surface area contributed by atoms with Gasteiger partial charge in [-0.05, 0) is 22.3 Å². The van der Waals surface area contributed by atoms with E-state index >= 15 is 0 Å². The monoisotopic (exact) mass is 196 g/mol. The van der Waals surface area contributed by atoms with Gasteiger partial charge in [0.1, 0.15) is 0 Å². The summed E-state index contributed by atoms with van der Waals surface area (Å²) in [5.41, 5.74) is 4.73. The predicted molar refractivity (Wildman–Crippen MR) is 60.5 cm³/mol. The second-order valence-electron chi connectivity index (χ2n) is 3.96. The van der Waals surface area contributed by atoms with E-state index in [1.807, 2.05) is 30.3 Å². The molecule has 0 aliphatic heterocycles. The van der Waals surface area contributed by atoms with Crippen LogP contribution in [0, 0.1) is 0 Å². The average Bonchev–Trinajstić information content (AvgIpc) is 2.30. The van der Waals surface area contributed by atoms with Gasteiger partial charge in [0, 0.05) is 6.42 Å². The molecule has 1 aliphatic carbocycles. The Kier molecular flexibility index (Phi) is 1.86. The lowest BCUT2D eigenvalue weighted by molar-refractivity contribution is 0.177. The summed E-state index contributed by atoms with van der Waals surface area (Å²) in [6, 6.07) is 16.4. The van der Waals surface area contributed by atoms with Crippen LogP contribution in [0.5, 0.6) is 0 Å². The molecule has 0 heterocycles. The van der Waals surface area contributed by atoms with Gasteiger partial charge in [-0.1, -0.05) is 48.5 Å². The van der Waals surface area contributed by atoms with E-state index in [-0.39, 0.29) is 6.10 Å². The van der Waals surface area contributed by atoms with Gasteiger partial charge < -0.3 is 5.11 Å². The van der Waals surface area contributed by atoms with Crippen molar-refractivity contribution in [1.29, 1.82) is 0 Å². The molecule has 0 amide bonds. The lowest BCUT2D eigenvalue weighted by Crippen LogP contribution is -2.10. The Hall–Kier alpha value is -1.60. The van der Waals surface area contributed by atoms with E-state index in [1.165, 1.54) is 16.7 Å². The van der Waals surface area contributed by atoms with Gasteiger partial charge in [0.15, 0.2) is 0 Å². The molecule has 2 aromatic rings. The van der Waals surface area contributed by atoms with E-state index in [4.69, 9.17) is 0 Å². The molecule has 0 radical (unpaired) electrons. The molecule has 0 fully saturated rings. The van der Waals surface area contributed by atoms with Crippen LogP contribution < -0.4 is 0 Å². The van der Waals surface area contributed by atoms with Crippen LogP contribution in [0.2, 0.25) is 0 Å². The van der Waals surface area contributed by atoms with Crippen molar-refractivity contribution >= 4 is 0 Å². The van der Waals surface area contributed by atoms with Gasteiger partial charge in [0.25, 0.3) is 0 Å². The van der Waals surface area contributed by atoms with Crippen LogP contribution >= 0.6 is 0 Å². The number of hydrogen-bond acceptors (Lipinski definition) is 1. The van der Waals surface area contributed by atoms with E-state index in [0.29, 0.717) is 0 Å². The van der Waals surface area contributed by atoms with Crippen molar-refractivity contribution in [2.45, 2.75) is 12.5 Å². The summed E-state index contributed by atoms with van der Waals surface area (Å²) in [6.07, 6.45) is 0.379. The Bertz CT molecular complexity index is 502. The number of fused-ring (bicyclic) bond motifs is 3. The summed E-state index contributed by atoms with van der Waals surface area (Å²) in [5.74, 6) is 0. The van der Waals surface area contributed by atoms with E-state index in [2.05, 4.69) is 18.2 Å². The molecule has 2 aromatic carbocycles. The molecule has 74 valence electrons. The summed E-state index contributed by atoms with van der Waals surface area (Å²) in [6.45, 7) is 0. The second kappa shape index (κ2) is 3.21. The summed E-state index contributed by atoms with van der Waals surface area (Å²) < 4.78 is 0. The highest BCUT2D eigenvalue weighted by Crippen LogP contribution is 2.37. The Morgan fingerprint density at radius 2 is 1.53 bits per heavy atom. The SMILES string of the molecule is OC1Cc2ccccc2-c2ccccc21. The topological polar surface area (TPSA) is 20.2 Å². The first-order chi connectivity index (χ1) is 7.36. The standard InChI is InChI=1S/C14H12O/c15-14-9-10-5-1-2-6-11(10)12-7-3-4-8-13(12)14/h1-8,14-15H,9H2. The van der Waals surface area contributed by atoms with Gasteiger partial charge in [-0.3, -0.25) is 0 Å². The Labute approximate surface area is 89.0 Å². The highest BCUT2D eigenvalue weighted by Gasteiger charge is 2.21. The highest BCUT2D eigenvalue weighted by molar-refractivity contribution is 5.73. The molecule has 1 heteroatoms. The van der Waals surface area contributed by atoms with Crippen molar-refractivity contribution < 1.29 is 5.11 Å². The quantitative estimate of drug-likeness (QED) is 0.686. The molecule has 15 heavy (non-hydrogen) atoms. The minimum atomic E-state index is -0.351. The molecule has 0 saturated heterocycles. The van der Waals surface area contributed by atoms with Crippen LogP contribution in [0.1, 0.15) is 17.2 Å². The smallest absolute Gasteiger partial charge is 0.0836 e. The summed E-state index contributed by atoms with van der Waals surface area (Å²) in [7, 11) is 0. The van der Waals surface area contributed by atoms with Gasteiger partial charge in [-0.2, -0.15) is 0 Å². The number of hydrogen-bond donors (Lipinski definition) is 1. The van der Waals surface area contributed by atoms with Crippen LogP contribution in [-0.2, 0) is 6.42 Å². The van der Waals surface area contributed by atoms with Gasteiger partial charge in [0.2, 0.25) is 0 Å². The van der Waals surface area contributed by atoms with Crippen LogP contribution in [0.4, 0.5) is 0 Å². The normalized spacial score (nSPS) is 18.1. The van der Waals surface area contributed by atoms with Crippen LogP contribution in [-0.4, -0.2) is 5.11 Å². The molecular formula is C14H12O. The molecule has 1 N–H and O–H groups in total. The number of rotatable bonds is 0. The highest BCUT2D eigenvalue weighted by atomic mass is 16.3. The molecular weight excluding hydrogens is 184 g/mol. The Morgan fingerprint density at radius 3 is 2.40 bits per heavy atom. The molecule has 0 bridgehead atoms. The molecule has 3 rings (SSSR count). The minimum absolute atomic E-state index is 0.351. The lowest BCUT2D eigenvalue weighted by atomic mass is 9.84. The van der Waals surface area contributed by atoms with E-state index in [0.717, 1.165) is 12.0 Å². The zero-order valence-electron chi connectivity index (χ0n) is 8.35. The summed E-state index contributed by atoms with van der Waals surface area (Å²) in [4.78, 5) is 0. The number of aliphatic hydroxyl groups is 1. The Morgan fingerprint density at radius 1 is 0.867 bits per heavy atom. The molecule has 1 unspecified atom stereocenters. The molecule has 1 nitrogen and oxygen atoms in total. The molecule has 1 atom stereocenters. The second-order valence-corrected chi connectivity index (χ2v) is 3.96. The van der Waals surface area contributed by atoms with Crippen molar-refractivity contribution in [2.75, 3.05) is 0 Å². The lowest BCUT2D eigenvalue weighted by Gasteiger charge is -2.23. The fourth-order valence-corrected chi connectivity index (χ4v) is 2.31. The van der Waals surface area contributed by atoms with Crippen molar-refractivity contribution in [3.8, 4) is 11.1 Å². The maximum Gasteiger partial charge on any atom is 0.0836 e. The first-order valence-electron chi connectivity index (χ1n) is 5.21. The number of benzene rings is 2. The van der Waals surface area contributed by atoms with Gasteiger partial charge in [-0.25, -0.2) is 0 Å². The molecule has 1 aliphatic rings. The van der Waals surface area contributed by atoms with Crippen LogP contribution in [0.15, 0.2) is 48.5 Å². The largest absolute Gasteiger partial charge is 0.388 e. The van der Waals surface area contributed by atoms with Crippen molar-refractivity contribution in [3.05, 3.63) is 59.7 Å². The predicted octanol–water partition coefficient (Wildman–Crippen LogP) is 2.94. The molecule has 0 spiro atoms. The zero-order valence-corrected chi connectivity index (χ0v) is 8.35. The zero-order chi connectivity index (χ0) is 10.3. The summed E-state index contributed by atoms with van der Waals surface area (Å²) >= 11 is 0. The van der Waals surface area contributed by atoms with Gasteiger partial charge in [0.05, 0.1) is 6.10 Å². The van der Waals surface area contributed by atoms with Crippen LogP contribution in [0.3, 0.4) is 0 Å². The minimum Gasteiger partial charge on any atom is -0.388 e. The van der Waals surface area contributed by atoms with Crippen molar-refractivity contribution in [1.82, 2.24) is 0 Å². The van der Waals surface area contributed by atoms with Crippen LogP contribution in [0.25, 0.3) is 11.1 Å². The fraction of sp³-hybridized carbons (Fsp3) is 0.143. The van der Waals surface area contributed by atoms with Crippen molar-refractivity contribution in [3.63, 3.8) is 0 Å². The maximum absolute atomic E-state index is 10.0. The first kappa shape index (κ1) is 8.69. The van der Waals surface area contributed by atoms with E-state index < -0.39 is 0 Å². The third kappa shape index (κ3) is 1.28. The molecule has 0 aromatic heterocycles. The average molecular weight is 196 g/mol. The number of aliphatic hydroxyl groups excluding tert-OH is 1. The van der Waals surface area contributed by atoms with Crippen molar-refractivity contribution in [2.24, 2.45) is 0 Å². The van der Waals surface area contributed by atoms with Gasteiger partial charge >= 0.3 is 0 Å². The maximum atomic E-state index is 10.0. The summed E-state index contributed by atoms with van der Waals surface area (Å²) in [5, 5.41) is 10.0. The first-order valence-corrected chi connectivity index (χ1v) is 5.21. The third-order valence-electron chi connectivity index (χ3n) is 3.04. The third-order valence-corrected chi connectivity index (χ3v) is 3.04. The van der Waals surface area contributed by atoms with E-state index in [1.54, 1.807) is 0 Å².